The molecule has 0 saturated heterocycles. The largest absolute Gasteiger partial charge is 0.339 e. The van der Waals surface area contributed by atoms with Gasteiger partial charge in [0.2, 0.25) is 17.4 Å². The Morgan fingerprint density at radius 1 is 1.41 bits per heavy atom. The first kappa shape index (κ1) is 14.9. The molecule has 0 bridgehead atoms. The number of hydrogen-bond acceptors (Lipinski definition) is 4. The van der Waals surface area contributed by atoms with Gasteiger partial charge in [-0.05, 0) is 24.5 Å². The van der Waals surface area contributed by atoms with E-state index in [-0.39, 0.29) is 24.3 Å². The number of aromatic amines is 1. The van der Waals surface area contributed by atoms with Gasteiger partial charge in [-0.2, -0.15) is 4.98 Å². The number of hydrogen-bond donors (Lipinski definition) is 1. The van der Waals surface area contributed by atoms with E-state index in [1.807, 2.05) is 0 Å². The van der Waals surface area contributed by atoms with E-state index >= 15 is 0 Å². The SMILES string of the molecule is O=c1cc(Cc2nc(C3CCCCC(F)(F)C3)no2)cc[nH]1. The van der Waals surface area contributed by atoms with E-state index in [2.05, 4.69) is 15.1 Å². The van der Waals surface area contributed by atoms with E-state index in [9.17, 15) is 13.6 Å². The Bertz CT molecular complexity index is 696. The van der Waals surface area contributed by atoms with Gasteiger partial charge in [-0.1, -0.05) is 11.6 Å². The molecule has 7 heteroatoms. The summed E-state index contributed by atoms with van der Waals surface area (Å²) in [6.07, 6.45) is 3.50. The highest BCUT2D eigenvalue weighted by molar-refractivity contribution is 5.14. The molecule has 1 aliphatic rings. The molecule has 1 saturated carbocycles. The van der Waals surface area contributed by atoms with E-state index in [1.54, 1.807) is 12.3 Å². The monoisotopic (exact) mass is 309 g/mol. The third-order valence-corrected chi connectivity index (χ3v) is 3.93. The first-order chi connectivity index (χ1) is 10.5. The maximum absolute atomic E-state index is 13.7. The van der Waals surface area contributed by atoms with Crippen molar-refractivity contribution in [3.05, 3.63) is 46.0 Å². The van der Waals surface area contributed by atoms with E-state index in [0.717, 1.165) is 12.0 Å². The molecule has 22 heavy (non-hydrogen) atoms. The maximum atomic E-state index is 13.7. The van der Waals surface area contributed by atoms with E-state index in [4.69, 9.17) is 4.52 Å². The second-order valence-corrected chi connectivity index (χ2v) is 5.79. The van der Waals surface area contributed by atoms with Crippen molar-refractivity contribution in [2.24, 2.45) is 0 Å². The molecule has 2 heterocycles. The summed E-state index contributed by atoms with van der Waals surface area (Å²) < 4.78 is 32.5. The quantitative estimate of drug-likeness (QED) is 0.885. The summed E-state index contributed by atoms with van der Waals surface area (Å²) in [5.41, 5.74) is 0.533. The highest BCUT2D eigenvalue weighted by atomic mass is 19.3. The minimum atomic E-state index is -2.66. The molecule has 1 N–H and O–H groups in total. The van der Waals surface area contributed by atoms with Crippen LogP contribution in [-0.2, 0) is 6.42 Å². The minimum Gasteiger partial charge on any atom is -0.339 e. The van der Waals surface area contributed by atoms with Gasteiger partial charge in [0.05, 0.1) is 6.42 Å². The summed E-state index contributed by atoms with van der Waals surface area (Å²) in [5.74, 6) is -2.34. The van der Waals surface area contributed by atoms with Crippen molar-refractivity contribution < 1.29 is 13.3 Å². The van der Waals surface area contributed by atoms with Crippen molar-refractivity contribution in [3.8, 4) is 0 Å². The predicted octanol–water partition coefficient (Wildman–Crippen LogP) is 3.03. The number of nitrogens with zero attached hydrogens (tertiary/aromatic N) is 2. The van der Waals surface area contributed by atoms with Gasteiger partial charge >= 0.3 is 0 Å². The molecule has 1 unspecified atom stereocenters. The lowest BCUT2D eigenvalue weighted by Crippen LogP contribution is -2.18. The fourth-order valence-electron chi connectivity index (χ4n) is 2.84. The van der Waals surface area contributed by atoms with Crippen LogP contribution in [0, 0.1) is 0 Å². The molecule has 118 valence electrons. The average Bonchev–Trinajstić information content (AvgIpc) is 2.82. The highest BCUT2D eigenvalue weighted by Gasteiger charge is 2.36. The van der Waals surface area contributed by atoms with Crippen molar-refractivity contribution in [3.63, 3.8) is 0 Å². The van der Waals surface area contributed by atoms with E-state index in [0.29, 0.717) is 31.0 Å². The summed E-state index contributed by atoms with van der Waals surface area (Å²) in [6.45, 7) is 0. The van der Waals surface area contributed by atoms with Gasteiger partial charge < -0.3 is 9.51 Å². The number of nitrogens with one attached hydrogen (secondary N) is 1. The zero-order chi connectivity index (χ0) is 15.6. The smallest absolute Gasteiger partial charge is 0.248 e. The Kier molecular flexibility index (Phi) is 4.04. The Morgan fingerprint density at radius 2 is 2.27 bits per heavy atom. The Labute approximate surface area is 125 Å². The zero-order valence-electron chi connectivity index (χ0n) is 12.0. The second-order valence-electron chi connectivity index (χ2n) is 5.79. The van der Waals surface area contributed by atoms with E-state index in [1.165, 1.54) is 6.07 Å². The lowest BCUT2D eigenvalue weighted by molar-refractivity contribution is -0.0186. The maximum Gasteiger partial charge on any atom is 0.248 e. The Hall–Kier alpha value is -2.05. The first-order valence-corrected chi connectivity index (χ1v) is 7.40. The molecule has 1 atom stereocenters. The molecule has 0 aliphatic heterocycles. The number of pyridine rings is 1. The normalized spacial score (nSPS) is 21.5. The summed E-state index contributed by atoms with van der Waals surface area (Å²) in [6, 6.07) is 3.19. The summed E-state index contributed by atoms with van der Waals surface area (Å²) in [5, 5.41) is 3.86. The lowest BCUT2D eigenvalue weighted by Gasteiger charge is -2.16. The minimum absolute atomic E-state index is 0.0685. The number of halogens is 2. The molecule has 1 aliphatic carbocycles. The van der Waals surface area contributed by atoms with Crippen LogP contribution >= 0.6 is 0 Å². The fraction of sp³-hybridized carbons (Fsp3) is 0.533. The fourth-order valence-corrected chi connectivity index (χ4v) is 2.84. The van der Waals surface area contributed by atoms with Crippen LogP contribution in [0.2, 0.25) is 0 Å². The zero-order valence-corrected chi connectivity index (χ0v) is 12.0. The topological polar surface area (TPSA) is 71.8 Å². The summed E-state index contributed by atoms with van der Waals surface area (Å²) in [4.78, 5) is 18.0. The summed E-state index contributed by atoms with van der Waals surface area (Å²) in [7, 11) is 0. The van der Waals surface area contributed by atoms with Crippen molar-refractivity contribution in [1.82, 2.24) is 15.1 Å². The van der Waals surface area contributed by atoms with Crippen molar-refractivity contribution in [1.29, 1.82) is 0 Å². The van der Waals surface area contributed by atoms with Crippen LogP contribution in [0.3, 0.4) is 0 Å². The molecule has 2 aromatic heterocycles. The van der Waals surface area contributed by atoms with Gasteiger partial charge in [-0.25, -0.2) is 8.78 Å². The summed E-state index contributed by atoms with van der Waals surface area (Å²) >= 11 is 0. The molecular weight excluding hydrogens is 292 g/mol. The third-order valence-electron chi connectivity index (χ3n) is 3.93. The van der Waals surface area contributed by atoms with Crippen LogP contribution in [0.15, 0.2) is 27.6 Å². The van der Waals surface area contributed by atoms with Crippen LogP contribution in [0.5, 0.6) is 0 Å². The van der Waals surface area contributed by atoms with Crippen LogP contribution in [0.1, 0.15) is 55.3 Å². The second kappa shape index (κ2) is 5.98. The molecule has 2 aromatic rings. The third kappa shape index (κ3) is 3.58. The molecule has 0 spiro atoms. The standard InChI is InChI=1S/C15H17F2N3O2/c16-15(17)5-2-1-3-11(9-15)14-19-13(22-20-14)8-10-4-6-18-12(21)7-10/h4,6-7,11H,1-3,5,8-9H2,(H,18,21). The molecule has 3 rings (SSSR count). The number of rotatable bonds is 3. The highest BCUT2D eigenvalue weighted by Crippen LogP contribution is 2.39. The van der Waals surface area contributed by atoms with Crippen LogP contribution in [0.4, 0.5) is 8.78 Å². The lowest BCUT2D eigenvalue weighted by atomic mass is 9.98. The van der Waals surface area contributed by atoms with Crippen molar-refractivity contribution >= 4 is 0 Å². The Morgan fingerprint density at radius 3 is 3.09 bits per heavy atom. The molecule has 5 nitrogen and oxygen atoms in total. The number of H-pyrrole nitrogens is 1. The van der Waals surface area contributed by atoms with Gasteiger partial charge in [-0.15, -0.1) is 0 Å². The number of aromatic nitrogens is 3. The average molecular weight is 309 g/mol. The molecule has 0 aromatic carbocycles. The predicted molar refractivity (Wildman–Crippen MR) is 74.9 cm³/mol. The van der Waals surface area contributed by atoms with Gasteiger partial charge in [0, 0.05) is 31.0 Å². The Balaban J connectivity index is 1.74. The molecule has 0 amide bonds. The molecule has 0 radical (unpaired) electrons. The van der Waals surface area contributed by atoms with Crippen molar-refractivity contribution in [2.45, 2.75) is 50.4 Å². The van der Waals surface area contributed by atoms with Gasteiger partial charge in [0.1, 0.15) is 0 Å². The van der Waals surface area contributed by atoms with Crippen LogP contribution in [-0.4, -0.2) is 21.0 Å². The molecular formula is C15H17F2N3O2. The molecule has 1 fully saturated rings. The van der Waals surface area contributed by atoms with Gasteiger partial charge in [-0.3, -0.25) is 4.79 Å². The van der Waals surface area contributed by atoms with Crippen LogP contribution < -0.4 is 5.56 Å². The van der Waals surface area contributed by atoms with E-state index < -0.39 is 5.92 Å². The first-order valence-electron chi connectivity index (χ1n) is 7.40. The van der Waals surface area contributed by atoms with Gasteiger partial charge in [0.25, 0.3) is 0 Å². The van der Waals surface area contributed by atoms with Crippen LogP contribution in [0.25, 0.3) is 0 Å². The number of alkyl halides is 2. The van der Waals surface area contributed by atoms with Crippen molar-refractivity contribution in [2.75, 3.05) is 0 Å². The van der Waals surface area contributed by atoms with Gasteiger partial charge in [0.15, 0.2) is 5.82 Å².